The van der Waals surface area contributed by atoms with Crippen molar-refractivity contribution in [2.45, 2.75) is 47.5 Å². The molecule has 0 aliphatic carbocycles. The molecule has 1 aromatic heterocycles. The fraction of sp³-hybridized carbons (Fsp3) is 0.667. The molecule has 0 N–H and O–H groups in total. The molecule has 0 radical (unpaired) electrons. The van der Waals surface area contributed by atoms with Gasteiger partial charge in [-0.15, -0.1) is 0 Å². The first-order valence-electron chi connectivity index (χ1n) is 5.35. The van der Waals surface area contributed by atoms with Crippen LogP contribution in [0.3, 0.4) is 0 Å². The van der Waals surface area contributed by atoms with Crippen LogP contribution in [-0.4, -0.2) is 9.97 Å². The normalized spacial score (nSPS) is 11.9. The third kappa shape index (κ3) is 3.45. The Bertz CT molecular complexity index is 330. The summed E-state index contributed by atoms with van der Waals surface area (Å²) in [6.45, 7) is 10.6. The topological polar surface area (TPSA) is 25.8 Å². The van der Waals surface area contributed by atoms with Crippen molar-refractivity contribution >= 4 is 11.6 Å². The van der Waals surface area contributed by atoms with Gasteiger partial charge in [0.15, 0.2) is 0 Å². The van der Waals surface area contributed by atoms with E-state index in [1.165, 1.54) is 0 Å². The van der Waals surface area contributed by atoms with E-state index in [-0.39, 0.29) is 5.41 Å². The average molecular weight is 227 g/mol. The molecule has 0 amide bonds. The predicted molar refractivity (Wildman–Crippen MR) is 64.3 cm³/mol. The highest BCUT2D eigenvalue weighted by Gasteiger charge is 2.15. The smallest absolute Gasteiger partial charge is 0.136 e. The quantitative estimate of drug-likeness (QED) is 0.721. The van der Waals surface area contributed by atoms with Gasteiger partial charge in [-0.25, -0.2) is 9.97 Å². The van der Waals surface area contributed by atoms with Gasteiger partial charge in [0.2, 0.25) is 0 Å². The second kappa shape index (κ2) is 4.48. The summed E-state index contributed by atoms with van der Waals surface area (Å²) in [5.74, 6) is 0.849. The molecule has 15 heavy (non-hydrogen) atoms. The Morgan fingerprint density at radius 2 is 1.80 bits per heavy atom. The minimum absolute atomic E-state index is 0.198. The number of hydrogen-bond donors (Lipinski definition) is 0. The van der Waals surface area contributed by atoms with E-state index < -0.39 is 0 Å². The zero-order chi connectivity index (χ0) is 11.6. The summed E-state index contributed by atoms with van der Waals surface area (Å²) in [4.78, 5) is 8.84. The number of nitrogens with zero attached hydrogens (tertiary/aromatic N) is 2. The van der Waals surface area contributed by atoms with Gasteiger partial charge in [-0.1, -0.05) is 39.3 Å². The minimum atomic E-state index is 0.198. The Balaban J connectivity index is 3.04. The van der Waals surface area contributed by atoms with E-state index in [0.717, 1.165) is 29.9 Å². The monoisotopic (exact) mass is 226 g/mol. The molecular formula is C12H19ClN2. The van der Waals surface area contributed by atoms with Crippen LogP contribution >= 0.6 is 11.6 Å². The Kier molecular flexibility index (Phi) is 3.72. The molecule has 1 aromatic rings. The van der Waals surface area contributed by atoms with Crippen molar-refractivity contribution in [2.24, 2.45) is 5.41 Å². The highest BCUT2D eigenvalue weighted by molar-refractivity contribution is 6.30. The van der Waals surface area contributed by atoms with Gasteiger partial charge < -0.3 is 0 Å². The highest BCUT2D eigenvalue weighted by Crippen LogP contribution is 2.22. The lowest BCUT2D eigenvalue weighted by molar-refractivity contribution is 0.400. The Morgan fingerprint density at radius 3 is 2.20 bits per heavy atom. The Labute approximate surface area is 97.1 Å². The fourth-order valence-electron chi connectivity index (χ4n) is 1.57. The summed E-state index contributed by atoms with van der Waals surface area (Å²) < 4.78 is 0. The van der Waals surface area contributed by atoms with Crippen LogP contribution in [0.25, 0.3) is 0 Å². The maximum atomic E-state index is 6.11. The fourth-order valence-corrected chi connectivity index (χ4v) is 1.94. The number of rotatable bonds is 2. The third-order valence-corrected chi connectivity index (χ3v) is 2.56. The Hall–Kier alpha value is -0.630. The minimum Gasteiger partial charge on any atom is -0.238 e. The molecule has 0 spiro atoms. The van der Waals surface area contributed by atoms with Crippen molar-refractivity contribution < 1.29 is 0 Å². The summed E-state index contributed by atoms with van der Waals surface area (Å²) in [5.41, 5.74) is 2.27. The number of halogens is 1. The maximum absolute atomic E-state index is 6.11. The van der Waals surface area contributed by atoms with Crippen molar-refractivity contribution in [1.29, 1.82) is 0 Å². The lowest BCUT2D eigenvalue weighted by atomic mass is 9.92. The first kappa shape index (κ1) is 12.4. The summed E-state index contributed by atoms with van der Waals surface area (Å²) in [6, 6.07) is 0. The maximum Gasteiger partial charge on any atom is 0.136 e. The second-order valence-electron chi connectivity index (χ2n) is 5.09. The predicted octanol–water partition coefficient (Wildman–Crippen LogP) is 3.59. The second-order valence-corrected chi connectivity index (χ2v) is 5.44. The van der Waals surface area contributed by atoms with Gasteiger partial charge in [-0.3, -0.25) is 0 Å². The van der Waals surface area contributed by atoms with Crippen LogP contribution in [0.4, 0.5) is 0 Å². The zero-order valence-corrected chi connectivity index (χ0v) is 10.9. The van der Waals surface area contributed by atoms with Crippen LogP contribution in [0, 0.1) is 12.3 Å². The van der Waals surface area contributed by atoms with Crippen LogP contribution in [0.15, 0.2) is 0 Å². The van der Waals surface area contributed by atoms with Gasteiger partial charge in [0.25, 0.3) is 0 Å². The standard InChI is InChI=1S/C12H19ClN2/c1-6-9-8(2)14-10(15-11(9)13)7-12(3,4)5/h6-7H2,1-5H3. The average Bonchev–Trinajstić information content (AvgIpc) is 1.99. The molecule has 3 heteroatoms. The van der Waals surface area contributed by atoms with Crippen LogP contribution < -0.4 is 0 Å². The summed E-state index contributed by atoms with van der Waals surface area (Å²) in [6.07, 6.45) is 1.75. The van der Waals surface area contributed by atoms with Gasteiger partial charge >= 0.3 is 0 Å². The number of aryl methyl sites for hydroxylation is 1. The SMILES string of the molecule is CCc1c(C)nc(CC(C)(C)C)nc1Cl. The lowest BCUT2D eigenvalue weighted by Crippen LogP contribution is -2.13. The van der Waals surface area contributed by atoms with Gasteiger partial charge in [-0.2, -0.15) is 0 Å². The number of aromatic nitrogens is 2. The van der Waals surface area contributed by atoms with Gasteiger partial charge in [0.1, 0.15) is 11.0 Å². The zero-order valence-electron chi connectivity index (χ0n) is 10.2. The van der Waals surface area contributed by atoms with Crippen molar-refractivity contribution in [3.8, 4) is 0 Å². The molecular weight excluding hydrogens is 208 g/mol. The molecule has 0 aromatic carbocycles. The van der Waals surface area contributed by atoms with Crippen molar-refractivity contribution in [1.82, 2.24) is 9.97 Å². The van der Waals surface area contributed by atoms with E-state index in [0.29, 0.717) is 5.15 Å². The van der Waals surface area contributed by atoms with Crippen LogP contribution in [0.1, 0.15) is 44.8 Å². The molecule has 0 unspecified atom stereocenters. The van der Waals surface area contributed by atoms with Crippen LogP contribution in [0.5, 0.6) is 0 Å². The Morgan fingerprint density at radius 1 is 1.20 bits per heavy atom. The van der Waals surface area contributed by atoms with Crippen molar-refractivity contribution in [3.63, 3.8) is 0 Å². The van der Waals surface area contributed by atoms with E-state index in [1.54, 1.807) is 0 Å². The molecule has 0 aliphatic rings. The molecule has 0 fully saturated rings. The molecule has 2 nitrogen and oxygen atoms in total. The first-order valence-corrected chi connectivity index (χ1v) is 5.73. The number of hydrogen-bond acceptors (Lipinski definition) is 2. The lowest BCUT2D eigenvalue weighted by Gasteiger charge is -2.17. The van der Waals surface area contributed by atoms with Crippen LogP contribution in [-0.2, 0) is 12.8 Å². The molecule has 0 aliphatic heterocycles. The highest BCUT2D eigenvalue weighted by atomic mass is 35.5. The molecule has 0 bridgehead atoms. The van der Waals surface area contributed by atoms with Crippen molar-refractivity contribution in [3.05, 3.63) is 22.2 Å². The molecule has 0 saturated carbocycles. The molecule has 1 heterocycles. The van der Waals surface area contributed by atoms with Crippen LogP contribution in [0.2, 0.25) is 5.15 Å². The largest absolute Gasteiger partial charge is 0.238 e. The van der Waals surface area contributed by atoms with Gasteiger partial charge in [0, 0.05) is 17.7 Å². The van der Waals surface area contributed by atoms with Gasteiger partial charge in [0.05, 0.1) is 0 Å². The summed E-state index contributed by atoms with van der Waals surface area (Å²) in [7, 11) is 0. The van der Waals surface area contributed by atoms with E-state index in [4.69, 9.17) is 11.6 Å². The first-order chi connectivity index (χ1) is 6.83. The van der Waals surface area contributed by atoms with Gasteiger partial charge in [-0.05, 0) is 18.8 Å². The molecule has 84 valence electrons. The van der Waals surface area contributed by atoms with E-state index in [9.17, 15) is 0 Å². The molecule has 1 rings (SSSR count). The van der Waals surface area contributed by atoms with E-state index in [1.807, 2.05) is 6.92 Å². The summed E-state index contributed by atoms with van der Waals surface area (Å²) in [5, 5.41) is 0.615. The van der Waals surface area contributed by atoms with E-state index >= 15 is 0 Å². The summed E-state index contributed by atoms with van der Waals surface area (Å²) >= 11 is 6.11. The third-order valence-electron chi connectivity index (χ3n) is 2.25. The van der Waals surface area contributed by atoms with E-state index in [2.05, 4.69) is 37.7 Å². The molecule has 0 atom stereocenters. The molecule has 0 saturated heterocycles. The van der Waals surface area contributed by atoms with Crippen molar-refractivity contribution in [2.75, 3.05) is 0 Å².